The molecule has 2 N–H and O–H groups in total. The van der Waals surface area contributed by atoms with Crippen molar-refractivity contribution >= 4 is 39.1 Å². The van der Waals surface area contributed by atoms with Gasteiger partial charge in [0, 0.05) is 0 Å². The predicted molar refractivity (Wildman–Crippen MR) is 93.4 cm³/mol. The fourth-order valence-electron chi connectivity index (χ4n) is 1.68. The quantitative estimate of drug-likeness (QED) is 0.690. The minimum Gasteiger partial charge on any atom is -0.497 e. The third-order valence-corrected chi connectivity index (χ3v) is 4.94. The van der Waals surface area contributed by atoms with Crippen molar-refractivity contribution in [2.45, 2.75) is 4.90 Å². The minimum atomic E-state index is -3.98. The number of hydrazine groups is 1. The summed E-state index contributed by atoms with van der Waals surface area (Å²) >= 11 is 11.5. The highest BCUT2D eigenvalue weighted by Gasteiger charge is 2.16. The van der Waals surface area contributed by atoms with Crippen molar-refractivity contribution in [3.63, 3.8) is 0 Å². The van der Waals surface area contributed by atoms with Crippen molar-refractivity contribution in [2.24, 2.45) is 0 Å². The zero-order chi connectivity index (χ0) is 18.4. The summed E-state index contributed by atoms with van der Waals surface area (Å²) < 4.78 is 34.4. The largest absolute Gasteiger partial charge is 0.497 e. The molecular formula is C15H14Cl2N2O5S. The number of methoxy groups -OCH3 is 1. The van der Waals surface area contributed by atoms with Crippen molar-refractivity contribution in [3.05, 3.63) is 52.5 Å². The van der Waals surface area contributed by atoms with Crippen molar-refractivity contribution in [1.82, 2.24) is 10.3 Å². The Morgan fingerprint density at radius 1 is 1.04 bits per heavy atom. The van der Waals surface area contributed by atoms with Gasteiger partial charge in [-0.1, -0.05) is 23.2 Å². The Hall–Kier alpha value is -2.00. The maximum Gasteiger partial charge on any atom is 0.272 e. The van der Waals surface area contributed by atoms with Crippen LogP contribution in [0.2, 0.25) is 10.0 Å². The molecule has 2 rings (SSSR count). The van der Waals surface area contributed by atoms with E-state index >= 15 is 0 Å². The first kappa shape index (κ1) is 19.3. The summed E-state index contributed by atoms with van der Waals surface area (Å²) in [5.41, 5.74) is 2.05. The molecule has 1 amide bonds. The molecule has 25 heavy (non-hydrogen) atoms. The van der Waals surface area contributed by atoms with Gasteiger partial charge in [0.15, 0.2) is 6.61 Å². The van der Waals surface area contributed by atoms with Crippen LogP contribution in [0.5, 0.6) is 11.5 Å². The van der Waals surface area contributed by atoms with Crippen molar-refractivity contribution in [2.75, 3.05) is 13.7 Å². The maximum absolute atomic E-state index is 12.1. The van der Waals surface area contributed by atoms with E-state index in [2.05, 4.69) is 0 Å². The van der Waals surface area contributed by atoms with Gasteiger partial charge >= 0.3 is 0 Å². The average molecular weight is 405 g/mol. The molecule has 0 fully saturated rings. The van der Waals surface area contributed by atoms with E-state index in [4.69, 9.17) is 32.7 Å². The second-order valence-electron chi connectivity index (χ2n) is 4.69. The van der Waals surface area contributed by atoms with Gasteiger partial charge in [0.1, 0.15) is 11.5 Å². The van der Waals surface area contributed by atoms with E-state index in [9.17, 15) is 13.2 Å². The molecule has 0 atom stereocenters. The van der Waals surface area contributed by atoms with Crippen molar-refractivity contribution < 1.29 is 22.7 Å². The Kier molecular flexibility index (Phi) is 6.49. The lowest BCUT2D eigenvalue weighted by Gasteiger charge is -2.10. The SMILES string of the molecule is COc1ccc(OCC(=O)NNS(=O)(=O)c2ccc(Cl)c(Cl)c2)cc1. The number of halogens is 2. The summed E-state index contributed by atoms with van der Waals surface area (Å²) in [5.74, 6) is 0.397. The van der Waals surface area contributed by atoms with Crippen molar-refractivity contribution in [3.8, 4) is 11.5 Å². The molecule has 10 heteroatoms. The molecule has 0 bridgehead atoms. The van der Waals surface area contributed by atoms with Crippen LogP contribution in [0.1, 0.15) is 0 Å². The molecule has 0 aliphatic carbocycles. The molecule has 0 aliphatic rings. The zero-order valence-electron chi connectivity index (χ0n) is 13.0. The summed E-state index contributed by atoms with van der Waals surface area (Å²) in [5, 5.41) is 0.302. The Bertz CT molecular complexity index is 857. The number of carbonyl (C=O) groups is 1. The Labute approximate surface area is 154 Å². The van der Waals surface area contributed by atoms with Gasteiger partial charge < -0.3 is 9.47 Å². The average Bonchev–Trinajstić information content (AvgIpc) is 2.61. The van der Waals surface area contributed by atoms with Crippen LogP contribution in [0.4, 0.5) is 0 Å². The third-order valence-electron chi connectivity index (χ3n) is 2.96. The molecule has 7 nitrogen and oxygen atoms in total. The summed E-state index contributed by atoms with van der Waals surface area (Å²) in [7, 11) is -2.45. The van der Waals surface area contributed by atoms with Gasteiger partial charge in [-0.3, -0.25) is 10.2 Å². The minimum absolute atomic E-state index is 0.0821. The van der Waals surface area contributed by atoms with Crippen molar-refractivity contribution in [1.29, 1.82) is 0 Å². The Morgan fingerprint density at radius 3 is 2.28 bits per heavy atom. The molecule has 0 saturated heterocycles. The molecule has 0 heterocycles. The standard InChI is InChI=1S/C15H14Cl2N2O5S/c1-23-10-2-4-11(5-3-10)24-9-15(20)18-19-25(21,22)12-6-7-13(16)14(17)8-12/h2-8,19H,9H2,1H3,(H,18,20). The molecule has 0 radical (unpaired) electrons. The van der Waals surface area contributed by atoms with Crippen LogP contribution in [0.15, 0.2) is 47.4 Å². The number of hydrogen-bond acceptors (Lipinski definition) is 5. The lowest BCUT2D eigenvalue weighted by atomic mass is 10.3. The summed E-state index contributed by atoms with van der Waals surface area (Å²) in [6.07, 6.45) is 0. The number of hydrogen-bond donors (Lipinski definition) is 2. The number of sulfonamides is 1. The molecule has 0 aromatic heterocycles. The van der Waals surface area contributed by atoms with Crippen LogP contribution in [0, 0.1) is 0 Å². The summed E-state index contributed by atoms with van der Waals surface area (Å²) in [4.78, 5) is 13.5. The molecule has 0 spiro atoms. The van der Waals surface area contributed by atoms with Crippen LogP contribution >= 0.6 is 23.2 Å². The molecule has 2 aromatic rings. The number of ether oxygens (including phenoxy) is 2. The first-order chi connectivity index (χ1) is 11.8. The number of carbonyl (C=O) groups excluding carboxylic acids is 1. The molecule has 0 saturated carbocycles. The lowest BCUT2D eigenvalue weighted by molar-refractivity contribution is -0.123. The normalized spacial score (nSPS) is 11.0. The smallest absolute Gasteiger partial charge is 0.272 e. The van der Waals surface area contributed by atoms with Gasteiger partial charge in [-0.15, -0.1) is 4.83 Å². The van der Waals surface area contributed by atoms with Crippen LogP contribution in [0.3, 0.4) is 0 Å². The Morgan fingerprint density at radius 2 is 1.68 bits per heavy atom. The van der Waals surface area contributed by atoms with Gasteiger partial charge in [-0.2, -0.15) is 0 Å². The molecule has 0 unspecified atom stereocenters. The molecule has 2 aromatic carbocycles. The van der Waals surface area contributed by atoms with E-state index < -0.39 is 15.9 Å². The lowest BCUT2D eigenvalue weighted by Crippen LogP contribution is -2.43. The van der Waals surface area contributed by atoms with Crippen LogP contribution < -0.4 is 19.7 Å². The first-order valence-electron chi connectivity index (χ1n) is 6.84. The number of nitrogens with one attached hydrogen (secondary N) is 2. The van der Waals surface area contributed by atoms with E-state index in [0.29, 0.717) is 11.5 Å². The number of benzene rings is 2. The third kappa shape index (κ3) is 5.50. The summed E-state index contributed by atoms with van der Waals surface area (Å²) in [6.45, 7) is -0.379. The molecule has 0 aliphatic heterocycles. The molecule has 134 valence electrons. The van der Waals surface area contributed by atoms with Gasteiger partial charge in [-0.25, -0.2) is 8.42 Å². The van der Waals surface area contributed by atoms with E-state index in [-0.39, 0.29) is 21.5 Å². The predicted octanol–water partition coefficient (Wildman–Crippen LogP) is 2.39. The van der Waals surface area contributed by atoms with Gasteiger partial charge in [-0.05, 0) is 42.5 Å². The monoisotopic (exact) mass is 404 g/mol. The number of rotatable bonds is 7. The fraction of sp³-hybridized carbons (Fsp3) is 0.133. The fourth-order valence-corrected chi connectivity index (χ4v) is 2.93. The second-order valence-corrected chi connectivity index (χ2v) is 7.19. The van der Waals surface area contributed by atoms with E-state index in [1.54, 1.807) is 24.3 Å². The highest BCUT2D eigenvalue weighted by Crippen LogP contribution is 2.24. The zero-order valence-corrected chi connectivity index (χ0v) is 15.3. The maximum atomic E-state index is 12.1. The van der Waals surface area contributed by atoms with E-state index in [1.807, 2.05) is 10.3 Å². The van der Waals surface area contributed by atoms with Gasteiger partial charge in [0.2, 0.25) is 0 Å². The van der Waals surface area contributed by atoms with Gasteiger partial charge in [0.05, 0.1) is 22.1 Å². The second kappa shape index (κ2) is 8.39. The molecular weight excluding hydrogens is 391 g/mol. The van der Waals surface area contributed by atoms with E-state index in [1.165, 1.54) is 25.3 Å². The topological polar surface area (TPSA) is 93.7 Å². The number of amides is 1. The first-order valence-corrected chi connectivity index (χ1v) is 9.08. The highest BCUT2D eigenvalue weighted by atomic mass is 35.5. The summed E-state index contributed by atoms with van der Waals surface area (Å²) in [6, 6.07) is 10.3. The van der Waals surface area contributed by atoms with Crippen LogP contribution in [-0.4, -0.2) is 28.0 Å². The van der Waals surface area contributed by atoms with E-state index in [0.717, 1.165) is 0 Å². The van der Waals surface area contributed by atoms with Crippen LogP contribution in [0.25, 0.3) is 0 Å². The van der Waals surface area contributed by atoms with Crippen LogP contribution in [-0.2, 0) is 14.8 Å². The highest BCUT2D eigenvalue weighted by molar-refractivity contribution is 7.89. The van der Waals surface area contributed by atoms with Gasteiger partial charge in [0.25, 0.3) is 15.9 Å². The Balaban J connectivity index is 1.88.